The molecule has 0 unspecified atom stereocenters. The molecule has 0 spiro atoms. The molecule has 3 aromatic rings. The first-order chi connectivity index (χ1) is 12.9. The van der Waals surface area contributed by atoms with Crippen LogP contribution >= 0.6 is 0 Å². The summed E-state index contributed by atoms with van der Waals surface area (Å²) in [7, 11) is -2.23. The molecule has 27 heavy (non-hydrogen) atoms. The normalized spacial score (nSPS) is 11.2. The fourth-order valence-corrected chi connectivity index (χ4v) is 3.05. The van der Waals surface area contributed by atoms with E-state index in [0.717, 1.165) is 11.1 Å². The molecule has 0 bridgehead atoms. The van der Waals surface area contributed by atoms with Gasteiger partial charge in [0.15, 0.2) is 0 Å². The van der Waals surface area contributed by atoms with Crippen LogP contribution in [0.3, 0.4) is 0 Å². The van der Waals surface area contributed by atoms with E-state index in [0.29, 0.717) is 29.5 Å². The third kappa shape index (κ3) is 4.15. The highest BCUT2D eigenvalue weighted by Gasteiger charge is 2.16. The number of pyridine rings is 2. The molecule has 140 valence electrons. The van der Waals surface area contributed by atoms with E-state index in [9.17, 15) is 8.42 Å². The maximum Gasteiger partial charge on any atom is 0.239 e. The molecule has 5 N–H and O–H groups in total. The summed E-state index contributed by atoms with van der Waals surface area (Å²) in [5.41, 5.74) is 9.50. The van der Waals surface area contributed by atoms with E-state index in [1.165, 1.54) is 18.5 Å². The summed E-state index contributed by atoms with van der Waals surface area (Å²) < 4.78 is 28.0. The van der Waals surface area contributed by atoms with Crippen LogP contribution in [0.5, 0.6) is 5.88 Å². The van der Waals surface area contributed by atoms with Gasteiger partial charge in [-0.25, -0.2) is 18.5 Å². The Morgan fingerprint density at radius 1 is 1.07 bits per heavy atom. The second kappa shape index (κ2) is 7.60. The van der Waals surface area contributed by atoms with Crippen molar-refractivity contribution >= 4 is 21.4 Å². The maximum atomic E-state index is 11.3. The molecule has 9 heteroatoms. The zero-order valence-corrected chi connectivity index (χ0v) is 15.4. The number of hydrogen-bond acceptors (Lipinski definition) is 7. The van der Waals surface area contributed by atoms with Crippen molar-refractivity contribution < 1.29 is 13.2 Å². The minimum atomic E-state index is -3.77. The van der Waals surface area contributed by atoms with Gasteiger partial charge in [0.05, 0.1) is 42.5 Å². The Morgan fingerprint density at radius 3 is 2.41 bits per heavy atom. The average molecular weight is 385 g/mol. The molecule has 0 saturated heterocycles. The number of benzene rings is 1. The lowest BCUT2D eigenvalue weighted by molar-refractivity contribution is 0.400. The summed E-state index contributed by atoms with van der Waals surface area (Å²) in [5.74, 6) is 0.440. The third-order valence-corrected chi connectivity index (χ3v) is 4.80. The van der Waals surface area contributed by atoms with E-state index < -0.39 is 10.0 Å². The molecule has 0 aliphatic rings. The molecule has 8 nitrogen and oxygen atoms in total. The van der Waals surface area contributed by atoms with Crippen LogP contribution in [0.4, 0.5) is 11.4 Å². The van der Waals surface area contributed by atoms with Crippen molar-refractivity contribution in [3.05, 3.63) is 60.6 Å². The van der Waals surface area contributed by atoms with Gasteiger partial charge in [0.25, 0.3) is 0 Å². The monoisotopic (exact) mass is 385 g/mol. The van der Waals surface area contributed by atoms with Gasteiger partial charge in [-0.05, 0) is 17.7 Å². The lowest BCUT2D eigenvalue weighted by atomic mass is 10.0. The minimum Gasteiger partial charge on any atom is -0.480 e. The first-order valence-corrected chi connectivity index (χ1v) is 9.54. The van der Waals surface area contributed by atoms with E-state index in [1.807, 2.05) is 30.3 Å². The SMILES string of the molecule is COc1ncc(N)c(NCc2ccc(S(N)(=O)=O)cn2)c1-c1ccccc1. The Labute approximate surface area is 157 Å². The number of sulfonamides is 1. The average Bonchev–Trinajstić information content (AvgIpc) is 2.67. The number of rotatable bonds is 6. The van der Waals surface area contributed by atoms with Crippen molar-refractivity contribution in [3.8, 4) is 17.0 Å². The van der Waals surface area contributed by atoms with Gasteiger partial charge in [0.2, 0.25) is 15.9 Å². The highest BCUT2D eigenvalue weighted by molar-refractivity contribution is 7.89. The maximum absolute atomic E-state index is 11.3. The van der Waals surface area contributed by atoms with Crippen molar-refractivity contribution in [1.29, 1.82) is 0 Å². The zero-order valence-electron chi connectivity index (χ0n) is 14.6. The minimum absolute atomic E-state index is 0.0404. The molecule has 0 fully saturated rings. The molecular formula is C18H19N5O3S. The van der Waals surface area contributed by atoms with Crippen LogP contribution in [0.25, 0.3) is 11.1 Å². The van der Waals surface area contributed by atoms with Crippen LogP contribution < -0.4 is 20.9 Å². The van der Waals surface area contributed by atoms with Gasteiger partial charge < -0.3 is 15.8 Å². The Kier molecular flexibility index (Phi) is 5.24. The number of ether oxygens (including phenoxy) is 1. The number of hydrogen-bond donors (Lipinski definition) is 3. The van der Waals surface area contributed by atoms with Crippen LogP contribution in [0.1, 0.15) is 5.69 Å². The Bertz CT molecular complexity index is 1040. The summed E-state index contributed by atoms with van der Waals surface area (Å²) in [4.78, 5) is 8.33. The lowest BCUT2D eigenvalue weighted by Gasteiger charge is -2.17. The van der Waals surface area contributed by atoms with Crippen molar-refractivity contribution in [2.24, 2.45) is 5.14 Å². The molecule has 0 aliphatic heterocycles. The van der Waals surface area contributed by atoms with E-state index >= 15 is 0 Å². The lowest BCUT2D eigenvalue weighted by Crippen LogP contribution is -2.13. The second-order valence-corrected chi connectivity index (χ2v) is 7.28. The quantitative estimate of drug-likeness (QED) is 0.591. The number of aromatic nitrogens is 2. The zero-order chi connectivity index (χ0) is 19.4. The smallest absolute Gasteiger partial charge is 0.239 e. The standard InChI is InChI=1S/C18H19N5O3S/c1-26-18-16(12-5-3-2-4-6-12)17(15(19)11-23-18)22-9-13-7-8-14(10-21-13)27(20,24)25/h2-8,10-11H,9,19H2,1H3,(H,22,23)(H2,20,24,25). The van der Waals surface area contributed by atoms with E-state index in [4.69, 9.17) is 15.6 Å². The van der Waals surface area contributed by atoms with E-state index in [-0.39, 0.29) is 4.90 Å². The number of methoxy groups -OCH3 is 1. The number of anilines is 2. The van der Waals surface area contributed by atoms with Crippen molar-refractivity contribution in [2.45, 2.75) is 11.4 Å². The van der Waals surface area contributed by atoms with Gasteiger partial charge in [0, 0.05) is 6.20 Å². The number of nitrogens with zero attached hydrogens (tertiary/aromatic N) is 2. The fraction of sp³-hybridized carbons (Fsp3) is 0.111. The number of primary sulfonamides is 1. The summed E-state index contributed by atoms with van der Waals surface area (Å²) in [6.45, 7) is 0.322. The van der Waals surface area contributed by atoms with Crippen molar-refractivity contribution in [2.75, 3.05) is 18.2 Å². The highest BCUT2D eigenvalue weighted by atomic mass is 32.2. The molecule has 1 aromatic carbocycles. The molecule has 0 aliphatic carbocycles. The summed E-state index contributed by atoms with van der Waals surface area (Å²) in [6, 6.07) is 12.6. The summed E-state index contributed by atoms with van der Waals surface area (Å²) >= 11 is 0. The first kappa shape index (κ1) is 18.6. The molecule has 0 radical (unpaired) electrons. The van der Waals surface area contributed by atoms with E-state index in [1.54, 1.807) is 13.2 Å². The first-order valence-electron chi connectivity index (χ1n) is 7.99. The van der Waals surface area contributed by atoms with Crippen LogP contribution in [0, 0.1) is 0 Å². The number of nitrogen functional groups attached to an aromatic ring is 1. The van der Waals surface area contributed by atoms with Crippen LogP contribution in [-0.4, -0.2) is 25.5 Å². The molecular weight excluding hydrogens is 366 g/mol. The van der Waals surface area contributed by atoms with Crippen LogP contribution in [-0.2, 0) is 16.6 Å². The Balaban J connectivity index is 1.93. The van der Waals surface area contributed by atoms with Crippen molar-refractivity contribution in [1.82, 2.24) is 9.97 Å². The number of nitrogens with one attached hydrogen (secondary N) is 1. The summed E-state index contributed by atoms with van der Waals surface area (Å²) in [6.07, 6.45) is 2.74. The van der Waals surface area contributed by atoms with Gasteiger partial charge in [-0.3, -0.25) is 4.98 Å². The van der Waals surface area contributed by atoms with Crippen LogP contribution in [0.2, 0.25) is 0 Å². The van der Waals surface area contributed by atoms with Gasteiger partial charge in [-0.15, -0.1) is 0 Å². The van der Waals surface area contributed by atoms with E-state index in [2.05, 4.69) is 15.3 Å². The molecule has 0 saturated carbocycles. The topological polar surface area (TPSA) is 133 Å². The molecule has 3 rings (SSSR count). The second-order valence-electron chi connectivity index (χ2n) is 5.72. The van der Waals surface area contributed by atoms with Gasteiger partial charge in [-0.2, -0.15) is 0 Å². The largest absolute Gasteiger partial charge is 0.480 e. The van der Waals surface area contributed by atoms with Gasteiger partial charge in [-0.1, -0.05) is 30.3 Å². The fourth-order valence-electron chi connectivity index (χ4n) is 2.59. The molecule has 0 atom stereocenters. The van der Waals surface area contributed by atoms with Crippen molar-refractivity contribution in [3.63, 3.8) is 0 Å². The highest BCUT2D eigenvalue weighted by Crippen LogP contribution is 2.38. The molecule has 2 aromatic heterocycles. The molecule has 2 heterocycles. The predicted molar refractivity (Wildman–Crippen MR) is 104 cm³/mol. The predicted octanol–water partition coefficient (Wildman–Crippen LogP) is 1.99. The molecule has 0 amide bonds. The summed E-state index contributed by atoms with van der Waals surface area (Å²) in [5, 5.41) is 8.33. The third-order valence-electron chi connectivity index (χ3n) is 3.90. The Morgan fingerprint density at radius 2 is 1.81 bits per heavy atom. The van der Waals surface area contributed by atoms with Gasteiger partial charge in [0.1, 0.15) is 4.90 Å². The Hall–Kier alpha value is -3.17. The van der Waals surface area contributed by atoms with Gasteiger partial charge >= 0.3 is 0 Å². The number of nitrogens with two attached hydrogens (primary N) is 2. The van der Waals surface area contributed by atoms with Crippen LogP contribution in [0.15, 0.2) is 59.8 Å².